The van der Waals surface area contributed by atoms with E-state index in [1.807, 2.05) is 0 Å². The number of sulfone groups is 1. The van der Waals surface area contributed by atoms with Crippen molar-refractivity contribution < 1.29 is 22.3 Å². The Morgan fingerprint density at radius 3 is 2.52 bits per heavy atom. The van der Waals surface area contributed by atoms with E-state index in [0.29, 0.717) is 12.8 Å². The second-order valence-electron chi connectivity index (χ2n) is 6.79. The van der Waals surface area contributed by atoms with E-state index in [1.54, 1.807) is 20.8 Å². The fourth-order valence-electron chi connectivity index (χ4n) is 2.71. The molecule has 1 aromatic rings. The van der Waals surface area contributed by atoms with E-state index in [-0.39, 0.29) is 22.3 Å². The van der Waals surface area contributed by atoms with Crippen molar-refractivity contribution >= 4 is 27.4 Å². The molecule has 1 saturated carbocycles. The van der Waals surface area contributed by atoms with Crippen molar-refractivity contribution in [2.75, 3.05) is 0 Å². The lowest BCUT2D eigenvalue weighted by Crippen LogP contribution is -2.28. The van der Waals surface area contributed by atoms with Gasteiger partial charge < -0.3 is 4.74 Å². The number of carbonyl (C=O) groups is 1. The van der Waals surface area contributed by atoms with Crippen LogP contribution in [0.3, 0.4) is 0 Å². The molecule has 1 aromatic carbocycles. The molecule has 23 heavy (non-hydrogen) atoms. The van der Waals surface area contributed by atoms with Crippen LogP contribution < -0.4 is 0 Å². The molecular formula is C16H20ClFO4S. The number of ether oxygens (including phenoxy) is 1. The Kier molecular flexibility index (Phi) is 5.06. The van der Waals surface area contributed by atoms with Crippen LogP contribution in [0.2, 0.25) is 5.02 Å². The molecule has 1 fully saturated rings. The molecule has 0 bridgehead atoms. The molecule has 0 heterocycles. The van der Waals surface area contributed by atoms with Crippen LogP contribution >= 0.6 is 11.6 Å². The van der Waals surface area contributed by atoms with Gasteiger partial charge in [0, 0.05) is 0 Å². The van der Waals surface area contributed by atoms with E-state index in [4.69, 9.17) is 16.3 Å². The minimum absolute atomic E-state index is 0.0876. The zero-order valence-electron chi connectivity index (χ0n) is 13.3. The van der Waals surface area contributed by atoms with Crippen molar-refractivity contribution in [2.45, 2.75) is 55.8 Å². The summed E-state index contributed by atoms with van der Waals surface area (Å²) in [6, 6.07) is 3.22. The minimum Gasteiger partial charge on any atom is -0.460 e. The molecule has 2 rings (SSSR count). The number of halogens is 2. The monoisotopic (exact) mass is 362 g/mol. The third-order valence-corrected chi connectivity index (χ3v) is 6.46. The first-order chi connectivity index (χ1) is 10.5. The van der Waals surface area contributed by atoms with Gasteiger partial charge in [-0.3, -0.25) is 4.79 Å². The zero-order chi connectivity index (χ0) is 17.4. The third kappa shape index (κ3) is 4.23. The van der Waals surface area contributed by atoms with Gasteiger partial charge in [0.05, 0.1) is 21.1 Å². The topological polar surface area (TPSA) is 60.4 Å². The molecule has 4 nitrogen and oxygen atoms in total. The molecule has 1 aliphatic rings. The predicted molar refractivity (Wildman–Crippen MR) is 85.6 cm³/mol. The molecule has 0 aromatic heterocycles. The highest BCUT2D eigenvalue weighted by Crippen LogP contribution is 2.37. The van der Waals surface area contributed by atoms with Crippen molar-refractivity contribution in [3.63, 3.8) is 0 Å². The van der Waals surface area contributed by atoms with E-state index in [0.717, 1.165) is 12.1 Å². The fourth-order valence-corrected chi connectivity index (χ4v) is 5.08. The lowest BCUT2D eigenvalue weighted by Gasteiger charge is -2.22. The van der Waals surface area contributed by atoms with Crippen molar-refractivity contribution in [3.05, 3.63) is 29.0 Å². The number of benzene rings is 1. The molecule has 0 unspecified atom stereocenters. The standard InChI is InChI=1S/C16H20ClFO4S/c1-16(2,3)22-15(19)10-4-6-12(8-10)23(20,21)14-7-5-11(18)9-13(14)17/h5,7,9-10,12H,4,6,8H2,1-3H3/t10-,12-/m0/s1. The highest BCUT2D eigenvalue weighted by molar-refractivity contribution is 7.92. The van der Waals surface area contributed by atoms with Gasteiger partial charge in [-0.05, 0) is 58.2 Å². The summed E-state index contributed by atoms with van der Waals surface area (Å²) in [6.07, 6.45) is 1.02. The highest BCUT2D eigenvalue weighted by Gasteiger charge is 2.40. The molecule has 0 amide bonds. The number of hydrogen-bond donors (Lipinski definition) is 0. The molecule has 128 valence electrons. The first-order valence-electron chi connectivity index (χ1n) is 7.42. The average molecular weight is 363 g/mol. The Morgan fingerprint density at radius 2 is 1.96 bits per heavy atom. The van der Waals surface area contributed by atoms with Gasteiger partial charge >= 0.3 is 5.97 Å². The molecule has 0 N–H and O–H groups in total. The number of esters is 1. The lowest BCUT2D eigenvalue weighted by molar-refractivity contribution is -0.159. The summed E-state index contributed by atoms with van der Waals surface area (Å²) in [4.78, 5) is 12.0. The quantitative estimate of drug-likeness (QED) is 0.606. The predicted octanol–water partition coefficient (Wildman–Crippen LogP) is 3.76. The Bertz CT molecular complexity index is 709. The van der Waals surface area contributed by atoms with E-state index in [9.17, 15) is 17.6 Å². The Balaban J connectivity index is 2.16. The van der Waals surface area contributed by atoms with Crippen LogP contribution in [0, 0.1) is 11.7 Å². The van der Waals surface area contributed by atoms with Crippen LogP contribution in [0.4, 0.5) is 4.39 Å². The molecule has 1 aliphatic carbocycles. The maximum atomic E-state index is 13.1. The highest BCUT2D eigenvalue weighted by atomic mass is 35.5. The smallest absolute Gasteiger partial charge is 0.309 e. The van der Waals surface area contributed by atoms with Crippen LogP contribution in [-0.4, -0.2) is 25.2 Å². The lowest BCUT2D eigenvalue weighted by atomic mass is 10.1. The van der Waals surface area contributed by atoms with Gasteiger partial charge in [-0.1, -0.05) is 11.6 Å². The summed E-state index contributed by atoms with van der Waals surface area (Å²) in [7, 11) is -3.70. The second kappa shape index (κ2) is 6.40. The Morgan fingerprint density at radius 1 is 1.30 bits per heavy atom. The van der Waals surface area contributed by atoms with Gasteiger partial charge in [-0.2, -0.15) is 0 Å². The normalized spacial score (nSPS) is 22.1. The van der Waals surface area contributed by atoms with Crippen LogP contribution in [0.5, 0.6) is 0 Å². The number of carbonyl (C=O) groups excluding carboxylic acids is 1. The van der Waals surface area contributed by atoms with Crippen LogP contribution in [0.1, 0.15) is 40.0 Å². The summed E-state index contributed by atoms with van der Waals surface area (Å²) in [5.41, 5.74) is -0.603. The summed E-state index contributed by atoms with van der Waals surface area (Å²) in [6.45, 7) is 5.31. The fraction of sp³-hybridized carbons (Fsp3) is 0.562. The number of hydrogen-bond acceptors (Lipinski definition) is 4. The van der Waals surface area contributed by atoms with Crippen molar-refractivity contribution in [3.8, 4) is 0 Å². The van der Waals surface area contributed by atoms with Gasteiger partial charge in [0.25, 0.3) is 0 Å². The van der Waals surface area contributed by atoms with Gasteiger partial charge in [0.2, 0.25) is 0 Å². The molecule has 7 heteroatoms. The molecule has 2 atom stereocenters. The number of rotatable bonds is 3. The summed E-state index contributed by atoms with van der Waals surface area (Å²) in [5, 5.41) is -0.839. The van der Waals surface area contributed by atoms with E-state index >= 15 is 0 Å². The average Bonchev–Trinajstić information content (AvgIpc) is 2.86. The van der Waals surface area contributed by atoms with Crippen molar-refractivity contribution in [2.24, 2.45) is 5.92 Å². The van der Waals surface area contributed by atoms with Crippen molar-refractivity contribution in [1.82, 2.24) is 0 Å². The SMILES string of the molecule is CC(C)(C)OC(=O)[C@H]1CC[C@H](S(=O)(=O)c2ccc(F)cc2Cl)C1. The molecular weight excluding hydrogens is 343 g/mol. The van der Waals surface area contributed by atoms with Crippen LogP contribution in [0.15, 0.2) is 23.1 Å². The zero-order valence-corrected chi connectivity index (χ0v) is 14.9. The van der Waals surface area contributed by atoms with Gasteiger partial charge in [-0.15, -0.1) is 0 Å². The van der Waals surface area contributed by atoms with Gasteiger partial charge in [-0.25, -0.2) is 12.8 Å². The molecule has 0 saturated heterocycles. The minimum atomic E-state index is -3.70. The summed E-state index contributed by atoms with van der Waals surface area (Å²) < 4.78 is 43.7. The Hall–Kier alpha value is -1.14. The largest absolute Gasteiger partial charge is 0.460 e. The van der Waals surface area contributed by atoms with E-state index in [1.165, 1.54) is 6.07 Å². The molecule has 0 radical (unpaired) electrons. The van der Waals surface area contributed by atoms with Gasteiger partial charge in [0.15, 0.2) is 9.84 Å². The second-order valence-corrected chi connectivity index (χ2v) is 9.39. The van der Waals surface area contributed by atoms with Crippen molar-refractivity contribution in [1.29, 1.82) is 0 Å². The molecule has 0 aliphatic heterocycles. The molecule has 0 spiro atoms. The van der Waals surface area contributed by atoms with E-state index in [2.05, 4.69) is 0 Å². The van der Waals surface area contributed by atoms with Crippen LogP contribution in [0.25, 0.3) is 0 Å². The Labute approximate surface area is 140 Å². The van der Waals surface area contributed by atoms with Crippen LogP contribution in [-0.2, 0) is 19.4 Å². The summed E-state index contributed by atoms with van der Waals surface area (Å²) >= 11 is 5.87. The van der Waals surface area contributed by atoms with Gasteiger partial charge in [0.1, 0.15) is 11.4 Å². The first-order valence-corrected chi connectivity index (χ1v) is 9.35. The van der Waals surface area contributed by atoms with E-state index < -0.39 is 32.4 Å². The maximum Gasteiger partial charge on any atom is 0.309 e. The summed E-state index contributed by atoms with van der Waals surface area (Å²) in [5.74, 6) is -1.40. The maximum absolute atomic E-state index is 13.1. The third-order valence-electron chi connectivity index (χ3n) is 3.76. The first kappa shape index (κ1) is 18.2.